The van der Waals surface area contributed by atoms with E-state index in [1.54, 1.807) is 24.3 Å². The van der Waals surface area contributed by atoms with Crippen LogP contribution in [0.4, 0.5) is 0 Å². The summed E-state index contributed by atoms with van der Waals surface area (Å²) < 4.78 is 0. The van der Waals surface area contributed by atoms with E-state index >= 15 is 0 Å². The van der Waals surface area contributed by atoms with Crippen molar-refractivity contribution < 1.29 is 9.59 Å². The molecule has 0 heterocycles. The van der Waals surface area contributed by atoms with Crippen molar-refractivity contribution in [2.75, 3.05) is 27.2 Å². The van der Waals surface area contributed by atoms with Crippen molar-refractivity contribution in [2.45, 2.75) is 31.7 Å². The lowest BCUT2D eigenvalue weighted by molar-refractivity contribution is 0.0938. The number of nitrogens with one attached hydrogen (secondary N) is 2. The van der Waals surface area contributed by atoms with E-state index < -0.39 is 0 Å². The summed E-state index contributed by atoms with van der Waals surface area (Å²) in [4.78, 5) is 26.3. The van der Waals surface area contributed by atoms with Crippen LogP contribution in [-0.2, 0) is 0 Å². The highest BCUT2D eigenvalue weighted by molar-refractivity contribution is 5.99. The summed E-state index contributed by atoms with van der Waals surface area (Å²) in [6.07, 6.45) is 4.46. The van der Waals surface area contributed by atoms with E-state index in [9.17, 15) is 9.59 Å². The van der Waals surface area contributed by atoms with E-state index in [2.05, 4.69) is 10.6 Å². The minimum atomic E-state index is -0.141. The molecule has 2 amide bonds. The van der Waals surface area contributed by atoms with Crippen LogP contribution in [0.15, 0.2) is 24.3 Å². The summed E-state index contributed by atoms with van der Waals surface area (Å²) in [6.45, 7) is 1.37. The molecule has 0 bridgehead atoms. The summed E-state index contributed by atoms with van der Waals surface area (Å²) in [6, 6.07) is 7.18. The molecule has 0 radical (unpaired) electrons. The average Bonchev–Trinajstić information content (AvgIpc) is 3.00. The van der Waals surface area contributed by atoms with Crippen LogP contribution in [0, 0.1) is 0 Å². The molecule has 1 aliphatic carbocycles. The van der Waals surface area contributed by atoms with Crippen LogP contribution < -0.4 is 10.6 Å². The molecular formula is C17H25N3O2. The van der Waals surface area contributed by atoms with Crippen molar-refractivity contribution in [2.24, 2.45) is 0 Å². The first-order valence-corrected chi connectivity index (χ1v) is 7.90. The largest absolute Gasteiger partial charge is 0.351 e. The fourth-order valence-electron chi connectivity index (χ4n) is 2.64. The topological polar surface area (TPSA) is 61.4 Å². The molecule has 1 aliphatic rings. The molecule has 0 atom stereocenters. The molecule has 0 aromatic heterocycles. The summed E-state index contributed by atoms with van der Waals surface area (Å²) in [7, 11) is 3.92. The van der Waals surface area contributed by atoms with Crippen LogP contribution in [0.1, 0.15) is 46.4 Å². The van der Waals surface area contributed by atoms with Gasteiger partial charge in [-0.2, -0.15) is 0 Å². The van der Waals surface area contributed by atoms with Gasteiger partial charge in [-0.05, 0) is 45.1 Å². The predicted molar refractivity (Wildman–Crippen MR) is 87.1 cm³/mol. The zero-order valence-corrected chi connectivity index (χ0v) is 13.4. The van der Waals surface area contributed by atoms with Crippen LogP contribution >= 0.6 is 0 Å². The molecule has 0 aliphatic heterocycles. The SMILES string of the molecule is CN(C)CCNC(=O)c1cccc(C(=O)NC2CCCC2)c1. The Hall–Kier alpha value is -1.88. The van der Waals surface area contributed by atoms with Gasteiger partial charge in [0, 0.05) is 30.3 Å². The lowest BCUT2D eigenvalue weighted by Crippen LogP contribution is -2.33. The van der Waals surface area contributed by atoms with Gasteiger partial charge in [-0.1, -0.05) is 18.9 Å². The van der Waals surface area contributed by atoms with Gasteiger partial charge in [-0.25, -0.2) is 0 Å². The van der Waals surface area contributed by atoms with Gasteiger partial charge in [0.05, 0.1) is 0 Å². The first-order valence-electron chi connectivity index (χ1n) is 7.90. The Kier molecular flexibility index (Phi) is 5.95. The van der Waals surface area contributed by atoms with Crippen LogP contribution in [0.25, 0.3) is 0 Å². The number of hydrogen-bond donors (Lipinski definition) is 2. The number of likely N-dealkylation sites (N-methyl/N-ethyl adjacent to an activating group) is 1. The Morgan fingerprint density at radius 3 is 2.41 bits per heavy atom. The summed E-state index contributed by atoms with van der Waals surface area (Å²) in [5, 5.41) is 5.90. The summed E-state index contributed by atoms with van der Waals surface area (Å²) in [5.41, 5.74) is 1.07. The van der Waals surface area contributed by atoms with Crippen LogP contribution in [0.5, 0.6) is 0 Å². The van der Waals surface area contributed by atoms with E-state index in [1.165, 1.54) is 12.8 Å². The molecule has 1 aromatic rings. The number of carbonyl (C=O) groups is 2. The Morgan fingerprint density at radius 1 is 1.14 bits per heavy atom. The first-order chi connectivity index (χ1) is 10.6. The molecule has 1 fully saturated rings. The second kappa shape index (κ2) is 7.94. The molecule has 2 N–H and O–H groups in total. The minimum absolute atomic E-state index is 0.0881. The number of rotatable bonds is 6. The molecule has 2 rings (SSSR count). The molecule has 1 saturated carbocycles. The third-order valence-corrected chi connectivity index (χ3v) is 3.92. The molecular weight excluding hydrogens is 278 g/mol. The van der Waals surface area contributed by atoms with E-state index in [4.69, 9.17) is 0 Å². The zero-order chi connectivity index (χ0) is 15.9. The van der Waals surface area contributed by atoms with Crippen molar-refractivity contribution in [3.63, 3.8) is 0 Å². The number of benzene rings is 1. The number of amides is 2. The first kappa shape index (κ1) is 16.5. The lowest BCUT2D eigenvalue weighted by Gasteiger charge is -2.13. The monoisotopic (exact) mass is 303 g/mol. The second-order valence-electron chi connectivity index (χ2n) is 6.09. The third-order valence-electron chi connectivity index (χ3n) is 3.92. The van der Waals surface area contributed by atoms with E-state index in [0.717, 1.165) is 19.4 Å². The lowest BCUT2D eigenvalue weighted by atomic mass is 10.1. The minimum Gasteiger partial charge on any atom is -0.351 e. The summed E-state index contributed by atoms with van der Waals surface area (Å²) in [5.74, 6) is -0.229. The molecule has 1 aromatic carbocycles. The highest BCUT2D eigenvalue weighted by Crippen LogP contribution is 2.18. The predicted octanol–water partition coefficient (Wildman–Crippen LogP) is 1.65. The van der Waals surface area contributed by atoms with Gasteiger partial charge >= 0.3 is 0 Å². The fraction of sp³-hybridized carbons (Fsp3) is 0.529. The van der Waals surface area contributed by atoms with Crippen molar-refractivity contribution in [3.8, 4) is 0 Å². The highest BCUT2D eigenvalue weighted by Gasteiger charge is 2.18. The smallest absolute Gasteiger partial charge is 0.251 e. The van der Waals surface area contributed by atoms with Gasteiger partial charge in [0.15, 0.2) is 0 Å². The average molecular weight is 303 g/mol. The van der Waals surface area contributed by atoms with Crippen LogP contribution in [0.2, 0.25) is 0 Å². The molecule has 5 heteroatoms. The maximum Gasteiger partial charge on any atom is 0.251 e. The molecule has 5 nitrogen and oxygen atoms in total. The zero-order valence-electron chi connectivity index (χ0n) is 13.4. The van der Waals surface area contributed by atoms with Gasteiger partial charge in [0.25, 0.3) is 11.8 Å². The second-order valence-corrected chi connectivity index (χ2v) is 6.09. The molecule has 0 spiro atoms. The van der Waals surface area contributed by atoms with Crippen molar-refractivity contribution >= 4 is 11.8 Å². The molecule has 120 valence electrons. The van der Waals surface area contributed by atoms with Crippen molar-refractivity contribution in [1.29, 1.82) is 0 Å². The highest BCUT2D eigenvalue weighted by atomic mass is 16.2. The van der Waals surface area contributed by atoms with E-state index in [-0.39, 0.29) is 17.9 Å². The fourth-order valence-corrected chi connectivity index (χ4v) is 2.64. The third kappa shape index (κ3) is 4.84. The van der Waals surface area contributed by atoms with Crippen LogP contribution in [0.3, 0.4) is 0 Å². The quantitative estimate of drug-likeness (QED) is 0.840. The van der Waals surface area contributed by atoms with Crippen LogP contribution in [-0.4, -0.2) is 49.9 Å². The Bertz CT molecular complexity index is 522. The van der Waals surface area contributed by atoms with Gasteiger partial charge in [0.2, 0.25) is 0 Å². The molecule has 0 saturated heterocycles. The van der Waals surface area contributed by atoms with Gasteiger partial charge in [0.1, 0.15) is 0 Å². The Morgan fingerprint density at radius 2 is 1.77 bits per heavy atom. The Labute approximate surface area is 132 Å². The Balaban J connectivity index is 1.93. The summed E-state index contributed by atoms with van der Waals surface area (Å²) >= 11 is 0. The maximum atomic E-state index is 12.2. The normalized spacial score (nSPS) is 15.0. The van der Waals surface area contributed by atoms with Gasteiger partial charge in [-0.3, -0.25) is 9.59 Å². The number of nitrogens with zero attached hydrogens (tertiary/aromatic N) is 1. The van der Waals surface area contributed by atoms with Gasteiger partial charge in [-0.15, -0.1) is 0 Å². The number of hydrogen-bond acceptors (Lipinski definition) is 3. The molecule has 0 unspecified atom stereocenters. The standard InChI is InChI=1S/C17H25N3O2/c1-20(2)11-10-18-16(21)13-6-5-7-14(12-13)17(22)19-15-8-3-4-9-15/h5-7,12,15H,3-4,8-11H2,1-2H3,(H,18,21)(H,19,22). The van der Waals surface area contributed by atoms with Crippen molar-refractivity contribution in [3.05, 3.63) is 35.4 Å². The number of carbonyl (C=O) groups excluding carboxylic acids is 2. The van der Waals surface area contributed by atoms with E-state index in [1.807, 2.05) is 19.0 Å². The van der Waals surface area contributed by atoms with Crippen molar-refractivity contribution in [1.82, 2.24) is 15.5 Å². The molecule has 22 heavy (non-hydrogen) atoms. The van der Waals surface area contributed by atoms with Gasteiger partial charge < -0.3 is 15.5 Å². The van der Waals surface area contributed by atoms with E-state index in [0.29, 0.717) is 17.7 Å². The maximum absolute atomic E-state index is 12.2.